The topological polar surface area (TPSA) is 68.0 Å². The molecule has 0 fully saturated rings. The van der Waals surface area contributed by atoms with E-state index >= 15 is 0 Å². The largest absolute Gasteiger partial charge is 0.345 e. The van der Waals surface area contributed by atoms with Crippen LogP contribution in [-0.4, -0.2) is 10.9 Å². The third-order valence-electron chi connectivity index (χ3n) is 3.99. The van der Waals surface area contributed by atoms with Crippen molar-refractivity contribution < 1.29 is 4.79 Å². The van der Waals surface area contributed by atoms with Crippen LogP contribution in [0.5, 0.6) is 0 Å². The van der Waals surface area contributed by atoms with Crippen LogP contribution in [-0.2, 0) is 13.0 Å². The predicted octanol–water partition coefficient (Wildman–Crippen LogP) is 3.23. The summed E-state index contributed by atoms with van der Waals surface area (Å²) in [5, 5.41) is 3.13. The SMILES string of the molecule is CCc1ccc(C(NC(=O)c2ccnc(CN)c2)C(C)C)cc1. The Bertz CT molecular complexity index is 650. The number of rotatable bonds is 6. The van der Waals surface area contributed by atoms with Gasteiger partial charge in [0.2, 0.25) is 0 Å². The second-order valence-electron chi connectivity index (χ2n) is 6.03. The molecule has 0 aliphatic rings. The fourth-order valence-electron chi connectivity index (χ4n) is 2.55. The van der Waals surface area contributed by atoms with E-state index in [1.807, 2.05) is 0 Å². The molecule has 0 saturated heterocycles. The van der Waals surface area contributed by atoms with Gasteiger partial charge in [-0.2, -0.15) is 0 Å². The lowest BCUT2D eigenvalue weighted by atomic mass is 9.94. The van der Waals surface area contributed by atoms with Crippen molar-refractivity contribution in [2.24, 2.45) is 11.7 Å². The van der Waals surface area contributed by atoms with Crippen LogP contribution in [0.3, 0.4) is 0 Å². The molecule has 1 heterocycles. The number of nitrogens with zero attached hydrogens (tertiary/aromatic N) is 1. The van der Waals surface area contributed by atoms with Gasteiger partial charge in [-0.15, -0.1) is 0 Å². The number of amides is 1. The molecule has 1 amide bonds. The third kappa shape index (κ3) is 4.39. The highest BCUT2D eigenvalue weighted by molar-refractivity contribution is 5.94. The number of carbonyl (C=O) groups excluding carboxylic acids is 1. The molecule has 1 atom stereocenters. The molecule has 1 aromatic carbocycles. The average Bonchev–Trinajstić information content (AvgIpc) is 2.59. The van der Waals surface area contributed by atoms with E-state index < -0.39 is 0 Å². The Morgan fingerprint density at radius 1 is 1.22 bits per heavy atom. The smallest absolute Gasteiger partial charge is 0.251 e. The number of aryl methyl sites for hydroxylation is 1. The van der Waals surface area contributed by atoms with Crippen LogP contribution in [0.2, 0.25) is 0 Å². The molecule has 122 valence electrons. The lowest BCUT2D eigenvalue weighted by Gasteiger charge is -2.23. The monoisotopic (exact) mass is 311 g/mol. The van der Waals surface area contributed by atoms with Crippen molar-refractivity contribution in [3.63, 3.8) is 0 Å². The highest BCUT2D eigenvalue weighted by Gasteiger charge is 2.19. The average molecular weight is 311 g/mol. The number of hydrogen-bond donors (Lipinski definition) is 2. The summed E-state index contributed by atoms with van der Waals surface area (Å²) >= 11 is 0. The van der Waals surface area contributed by atoms with Crippen molar-refractivity contribution >= 4 is 5.91 Å². The highest BCUT2D eigenvalue weighted by atomic mass is 16.1. The molecule has 0 saturated carbocycles. The molecule has 1 aromatic heterocycles. The molecule has 1 unspecified atom stereocenters. The zero-order valence-electron chi connectivity index (χ0n) is 14.0. The molecule has 4 heteroatoms. The normalized spacial score (nSPS) is 12.2. The van der Waals surface area contributed by atoms with E-state index in [9.17, 15) is 4.79 Å². The molecule has 2 aromatic rings. The summed E-state index contributed by atoms with van der Waals surface area (Å²) in [7, 11) is 0. The molecule has 3 N–H and O–H groups in total. The quantitative estimate of drug-likeness (QED) is 0.860. The Morgan fingerprint density at radius 2 is 1.91 bits per heavy atom. The van der Waals surface area contributed by atoms with E-state index in [1.165, 1.54) is 5.56 Å². The van der Waals surface area contributed by atoms with Gasteiger partial charge < -0.3 is 11.1 Å². The van der Waals surface area contributed by atoms with E-state index in [-0.39, 0.29) is 11.9 Å². The molecule has 0 aliphatic heterocycles. The van der Waals surface area contributed by atoms with Gasteiger partial charge in [-0.1, -0.05) is 45.0 Å². The van der Waals surface area contributed by atoms with Crippen LogP contribution in [0.1, 0.15) is 54.0 Å². The second kappa shape index (κ2) is 7.88. The van der Waals surface area contributed by atoms with Crippen LogP contribution in [0.25, 0.3) is 0 Å². The second-order valence-corrected chi connectivity index (χ2v) is 6.03. The Balaban J connectivity index is 2.19. The van der Waals surface area contributed by atoms with Crippen LogP contribution in [0.15, 0.2) is 42.6 Å². The number of pyridine rings is 1. The first-order chi connectivity index (χ1) is 11.0. The number of aromatic nitrogens is 1. The minimum Gasteiger partial charge on any atom is -0.345 e. The zero-order valence-corrected chi connectivity index (χ0v) is 14.0. The summed E-state index contributed by atoms with van der Waals surface area (Å²) in [4.78, 5) is 16.7. The van der Waals surface area contributed by atoms with Gasteiger partial charge in [-0.25, -0.2) is 0 Å². The maximum Gasteiger partial charge on any atom is 0.251 e. The molecule has 0 radical (unpaired) electrons. The molecule has 4 nitrogen and oxygen atoms in total. The van der Waals surface area contributed by atoms with Gasteiger partial charge in [0.05, 0.1) is 11.7 Å². The Kier molecular flexibility index (Phi) is 5.88. The van der Waals surface area contributed by atoms with Crippen molar-refractivity contribution in [3.8, 4) is 0 Å². The summed E-state index contributed by atoms with van der Waals surface area (Å²) in [5.74, 6) is 0.197. The first-order valence-electron chi connectivity index (χ1n) is 8.09. The van der Waals surface area contributed by atoms with E-state index in [0.29, 0.717) is 23.7 Å². The molecular weight excluding hydrogens is 286 g/mol. The van der Waals surface area contributed by atoms with Gasteiger partial charge in [-0.05, 0) is 35.6 Å². The molecule has 0 bridgehead atoms. The number of hydrogen-bond acceptors (Lipinski definition) is 3. The number of nitrogens with one attached hydrogen (secondary N) is 1. The van der Waals surface area contributed by atoms with Gasteiger partial charge in [0.15, 0.2) is 0 Å². The van der Waals surface area contributed by atoms with Crippen molar-refractivity contribution in [2.75, 3.05) is 0 Å². The Hall–Kier alpha value is -2.20. The maximum atomic E-state index is 12.5. The maximum absolute atomic E-state index is 12.5. The highest BCUT2D eigenvalue weighted by Crippen LogP contribution is 2.23. The van der Waals surface area contributed by atoms with E-state index in [4.69, 9.17) is 5.73 Å². The van der Waals surface area contributed by atoms with Gasteiger partial charge in [0, 0.05) is 18.3 Å². The summed E-state index contributed by atoms with van der Waals surface area (Å²) in [6, 6.07) is 11.9. The van der Waals surface area contributed by atoms with Crippen LogP contribution in [0.4, 0.5) is 0 Å². The van der Waals surface area contributed by atoms with Gasteiger partial charge in [0.1, 0.15) is 0 Å². The summed E-state index contributed by atoms with van der Waals surface area (Å²) in [6.45, 7) is 6.68. The fraction of sp³-hybridized carbons (Fsp3) is 0.368. The minimum absolute atomic E-state index is 0.0251. The number of carbonyl (C=O) groups is 1. The van der Waals surface area contributed by atoms with Crippen molar-refractivity contribution in [1.82, 2.24) is 10.3 Å². The molecular formula is C19H25N3O. The van der Waals surface area contributed by atoms with E-state index in [0.717, 1.165) is 12.0 Å². The summed E-state index contributed by atoms with van der Waals surface area (Å²) in [6.07, 6.45) is 2.63. The lowest BCUT2D eigenvalue weighted by Crippen LogP contribution is -2.31. The van der Waals surface area contributed by atoms with Crippen LogP contribution >= 0.6 is 0 Å². The Labute approximate surface area is 138 Å². The fourth-order valence-corrected chi connectivity index (χ4v) is 2.55. The minimum atomic E-state index is -0.0969. The van der Waals surface area contributed by atoms with Crippen LogP contribution in [0, 0.1) is 5.92 Å². The summed E-state index contributed by atoms with van der Waals surface area (Å²) < 4.78 is 0. The van der Waals surface area contributed by atoms with Crippen molar-refractivity contribution in [2.45, 2.75) is 39.8 Å². The van der Waals surface area contributed by atoms with E-state index in [1.54, 1.807) is 18.3 Å². The zero-order chi connectivity index (χ0) is 16.8. The molecule has 23 heavy (non-hydrogen) atoms. The molecule has 0 aliphatic carbocycles. The predicted molar refractivity (Wildman–Crippen MR) is 93.0 cm³/mol. The van der Waals surface area contributed by atoms with Gasteiger partial charge >= 0.3 is 0 Å². The number of benzene rings is 1. The van der Waals surface area contributed by atoms with Crippen molar-refractivity contribution in [1.29, 1.82) is 0 Å². The first kappa shape index (κ1) is 17.2. The number of nitrogens with two attached hydrogens (primary N) is 1. The first-order valence-corrected chi connectivity index (χ1v) is 8.09. The molecule has 0 spiro atoms. The van der Waals surface area contributed by atoms with Gasteiger partial charge in [0.25, 0.3) is 5.91 Å². The molecule has 2 rings (SSSR count). The van der Waals surface area contributed by atoms with Gasteiger partial charge in [-0.3, -0.25) is 9.78 Å². The van der Waals surface area contributed by atoms with Crippen molar-refractivity contribution in [3.05, 3.63) is 65.0 Å². The lowest BCUT2D eigenvalue weighted by molar-refractivity contribution is 0.0925. The summed E-state index contributed by atoms with van der Waals surface area (Å²) in [5.41, 5.74) is 9.32. The standard InChI is InChI=1S/C19H25N3O/c1-4-14-5-7-15(8-6-14)18(13(2)3)22-19(23)16-9-10-21-17(11-16)12-20/h5-11,13,18H,4,12,20H2,1-3H3,(H,22,23). The van der Waals surface area contributed by atoms with E-state index in [2.05, 4.69) is 55.3 Å². The Morgan fingerprint density at radius 3 is 2.48 bits per heavy atom. The van der Waals surface area contributed by atoms with Crippen LogP contribution < -0.4 is 11.1 Å². The third-order valence-corrected chi connectivity index (χ3v) is 3.99.